The second-order valence-corrected chi connectivity index (χ2v) is 9.22. The first-order chi connectivity index (χ1) is 11.9. The smallest absolute Gasteiger partial charge is 0.302 e. The summed E-state index contributed by atoms with van der Waals surface area (Å²) in [7, 11) is 1.79. The van der Waals surface area contributed by atoms with Crippen LogP contribution in [0.1, 0.15) is 65.7 Å². The minimum atomic E-state index is -0.115. The Balaban J connectivity index is 1.63. The van der Waals surface area contributed by atoms with Crippen molar-refractivity contribution >= 4 is 5.97 Å². The molecule has 0 bridgehead atoms. The molecule has 3 heteroatoms. The van der Waals surface area contributed by atoms with E-state index in [0.29, 0.717) is 11.3 Å². The van der Waals surface area contributed by atoms with Gasteiger partial charge < -0.3 is 9.47 Å². The summed E-state index contributed by atoms with van der Waals surface area (Å²) in [5.74, 6) is 3.22. The molecule has 2 fully saturated rings. The summed E-state index contributed by atoms with van der Waals surface area (Å²) >= 11 is 0. The molecule has 25 heavy (non-hydrogen) atoms. The number of fused-ring (bicyclic) bond motifs is 5. The van der Waals surface area contributed by atoms with Crippen LogP contribution in [0.4, 0.5) is 0 Å². The fraction of sp³-hybridized carbons (Fsp3) is 0.773. The van der Waals surface area contributed by atoms with Crippen molar-refractivity contribution in [2.24, 2.45) is 28.6 Å². The Kier molecular flexibility index (Phi) is 4.05. The molecular formula is C22H32O3. The summed E-state index contributed by atoms with van der Waals surface area (Å²) in [6.45, 7) is 6.43. The Morgan fingerprint density at radius 3 is 2.68 bits per heavy atom. The highest BCUT2D eigenvalue weighted by atomic mass is 16.5. The van der Waals surface area contributed by atoms with E-state index in [4.69, 9.17) is 9.47 Å². The molecule has 0 spiro atoms. The molecular weight excluding hydrogens is 312 g/mol. The molecule has 0 saturated heterocycles. The van der Waals surface area contributed by atoms with E-state index in [9.17, 15) is 4.79 Å². The van der Waals surface area contributed by atoms with Gasteiger partial charge in [-0.1, -0.05) is 19.9 Å². The van der Waals surface area contributed by atoms with Crippen LogP contribution in [0.3, 0.4) is 0 Å². The van der Waals surface area contributed by atoms with Crippen LogP contribution in [0.5, 0.6) is 0 Å². The third kappa shape index (κ3) is 2.49. The maximum atomic E-state index is 11.5. The molecule has 0 aromatic heterocycles. The van der Waals surface area contributed by atoms with Crippen LogP contribution in [-0.2, 0) is 14.3 Å². The summed E-state index contributed by atoms with van der Waals surface area (Å²) < 4.78 is 11.3. The Labute approximate surface area is 151 Å². The lowest BCUT2D eigenvalue weighted by Gasteiger charge is -2.56. The second-order valence-electron chi connectivity index (χ2n) is 9.22. The average molecular weight is 344 g/mol. The molecule has 4 aliphatic carbocycles. The zero-order valence-corrected chi connectivity index (χ0v) is 16.1. The molecule has 0 aliphatic heterocycles. The Morgan fingerprint density at radius 2 is 1.96 bits per heavy atom. The fourth-order valence-corrected chi connectivity index (χ4v) is 6.81. The third-order valence-corrected chi connectivity index (χ3v) is 8.22. The van der Waals surface area contributed by atoms with E-state index in [-0.39, 0.29) is 17.5 Å². The normalized spacial score (nSPS) is 45.4. The highest BCUT2D eigenvalue weighted by Crippen LogP contribution is 2.64. The van der Waals surface area contributed by atoms with Crippen LogP contribution in [0.15, 0.2) is 23.5 Å². The lowest BCUT2D eigenvalue weighted by Crippen LogP contribution is -2.50. The van der Waals surface area contributed by atoms with Gasteiger partial charge in [0.2, 0.25) is 0 Å². The summed E-state index contributed by atoms with van der Waals surface area (Å²) in [6.07, 6.45) is 13.1. The number of allylic oxidation sites excluding steroid dienone is 4. The zero-order valence-electron chi connectivity index (χ0n) is 16.1. The predicted octanol–water partition coefficient (Wildman–Crippen LogP) is 5.02. The van der Waals surface area contributed by atoms with E-state index in [1.165, 1.54) is 37.7 Å². The van der Waals surface area contributed by atoms with Crippen molar-refractivity contribution in [2.45, 2.75) is 71.8 Å². The highest BCUT2D eigenvalue weighted by molar-refractivity contribution is 5.66. The number of carbonyl (C=O) groups excluding carboxylic acids is 1. The zero-order chi connectivity index (χ0) is 17.8. The molecule has 0 heterocycles. The van der Waals surface area contributed by atoms with Gasteiger partial charge in [0.1, 0.15) is 6.10 Å². The number of ether oxygens (including phenoxy) is 2. The molecule has 2 saturated carbocycles. The molecule has 0 aromatic carbocycles. The standard InChI is InChI=1S/C22H32O3/c1-14(23)25-20-8-7-18-17-6-5-15-13-16(24-4)9-11-21(15,2)19(17)10-12-22(18,20)3/h5,13,17-20H,6-12H2,1-4H3/t17-,18-,19-,20-,21-,22-/m0/s1. The van der Waals surface area contributed by atoms with Gasteiger partial charge in [-0.15, -0.1) is 0 Å². The van der Waals surface area contributed by atoms with E-state index in [2.05, 4.69) is 26.0 Å². The van der Waals surface area contributed by atoms with Crippen molar-refractivity contribution in [2.75, 3.05) is 7.11 Å². The predicted molar refractivity (Wildman–Crippen MR) is 97.7 cm³/mol. The molecule has 0 N–H and O–H groups in total. The summed E-state index contributed by atoms with van der Waals surface area (Å²) in [5, 5.41) is 0. The number of esters is 1. The largest absolute Gasteiger partial charge is 0.501 e. The van der Waals surface area contributed by atoms with Crippen LogP contribution in [0, 0.1) is 28.6 Å². The molecule has 0 aromatic rings. The average Bonchev–Trinajstić information content (AvgIpc) is 2.90. The van der Waals surface area contributed by atoms with Crippen LogP contribution in [-0.4, -0.2) is 19.2 Å². The van der Waals surface area contributed by atoms with Gasteiger partial charge in [-0.2, -0.15) is 0 Å². The molecule has 0 amide bonds. The summed E-state index contributed by atoms with van der Waals surface area (Å²) in [4.78, 5) is 11.5. The van der Waals surface area contributed by atoms with E-state index in [0.717, 1.165) is 30.4 Å². The van der Waals surface area contributed by atoms with Crippen molar-refractivity contribution in [1.29, 1.82) is 0 Å². The second kappa shape index (κ2) is 5.89. The SMILES string of the molecule is COC1=CC2=CC[C@H]3[C@@H]4CC[C@H](OC(C)=O)[C@@]4(C)CC[C@@H]3[C@@]2(C)CC1. The van der Waals surface area contributed by atoms with Crippen LogP contribution >= 0.6 is 0 Å². The number of carbonyl (C=O) groups is 1. The van der Waals surface area contributed by atoms with Gasteiger partial charge in [0, 0.05) is 18.8 Å². The Hall–Kier alpha value is -1.25. The van der Waals surface area contributed by atoms with E-state index in [1.54, 1.807) is 14.0 Å². The minimum Gasteiger partial charge on any atom is -0.501 e. The minimum absolute atomic E-state index is 0.115. The maximum absolute atomic E-state index is 11.5. The van der Waals surface area contributed by atoms with E-state index in [1.807, 2.05) is 0 Å². The van der Waals surface area contributed by atoms with Crippen molar-refractivity contribution in [3.8, 4) is 0 Å². The summed E-state index contributed by atoms with van der Waals surface area (Å²) in [6, 6.07) is 0. The van der Waals surface area contributed by atoms with Gasteiger partial charge in [0.25, 0.3) is 0 Å². The van der Waals surface area contributed by atoms with Crippen molar-refractivity contribution < 1.29 is 14.3 Å². The Morgan fingerprint density at radius 1 is 1.16 bits per heavy atom. The maximum Gasteiger partial charge on any atom is 0.302 e. The lowest BCUT2D eigenvalue weighted by molar-refractivity contribution is -0.156. The number of hydrogen-bond donors (Lipinski definition) is 0. The first kappa shape index (κ1) is 17.2. The highest BCUT2D eigenvalue weighted by Gasteiger charge is 2.59. The van der Waals surface area contributed by atoms with Gasteiger partial charge in [0.15, 0.2) is 0 Å². The lowest BCUT2D eigenvalue weighted by atomic mass is 9.48. The molecule has 3 nitrogen and oxygen atoms in total. The van der Waals surface area contributed by atoms with E-state index < -0.39 is 0 Å². The quantitative estimate of drug-likeness (QED) is 0.660. The fourth-order valence-electron chi connectivity index (χ4n) is 6.81. The molecule has 0 radical (unpaired) electrons. The number of methoxy groups -OCH3 is 1. The molecule has 6 atom stereocenters. The van der Waals surface area contributed by atoms with Crippen LogP contribution in [0.25, 0.3) is 0 Å². The first-order valence-corrected chi connectivity index (χ1v) is 10.0. The van der Waals surface area contributed by atoms with Crippen molar-refractivity contribution in [3.05, 3.63) is 23.5 Å². The molecule has 138 valence electrons. The van der Waals surface area contributed by atoms with Crippen LogP contribution in [0.2, 0.25) is 0 Å². The van der Waals surface area contributed by atoms with Gasteiger partial charge in [-0.25, -0.2) is 0 Å². The van der Waals surface area contributed by atoms with Gasteiger partial charge in [-0.05, 0) is 73.3 Å². The molecule has 0 unspecified atom stereocenters. The number of hydrogen-bond acceptors (Lipinski definition) is 3. The molecule has 4 rings (SSSR count). The van der Waals surface area contributed by atoms with Crippen LogP contribution < -0.4 is 0 Å². The first-order valence-electron chi connectivity index (χ1n) is 10.0. The molecule has 4 aliphatic rings. The monoisotopic (exact) mass is 344 g/mol. The van der Waals surface area contributed by atoms with Gasteiger partial charge >= 0.3 is 5.97 Å². The van der Waals surface area contributed by atoms with Gasteiger partial charge in [-0.3, -0.25) is 4.79 Å². The topological polar surface area (TPSA) is 35.5 Å². The summed E-state index contributed by atoms with van der Waals surface area (Å²) in [5.41, 5.74) is 1.98. The van der Waals surface area contributed by atoms with Crippen molar-refractivity contribution in [1.82, 2.24) is 0 Å². The third-order valence-electron chi connectivity index (χ3n) is 8.22. The number of rotatable bonds is 2. The van der Waals surface area contributed by atoms with E-state index >= 15 is 0 Å². The Bertz CT molecular complexity index is 633. The van der Waals surface area contributed by atoms with Crippen molar-refractivity contribution in [3.63, 3.8) is 0 Å². The van der Waals surface area contributed by atoms with Gasteiger partial charge in [0.05, 0.1) is 12.9 Å².